The summed E-state index contributed by atoms with van der Waals surface area (Å²) in [6, 6.07) is 12.0. The molecule has 168 valence electrons. The van der Waals surface area contributed by atoms with Gasteiger partial charge in [-0.05, 0) is 55.3 Å². The minimum Gasteiger partial charge on any atom is -0.438 e. The molecule has 0 radical (unpaired) electrons. The molecule has 0 bridgehead atoms. The molecule has 3 aromatic rings. The van der Waals surface area contributed by atoms with Crippen LogP contribution < -0.4 is 10.3 Å². The van der Waals surface area contributed by atoms with Crippen LogP contribution in [0.1, 0.15) is 18.4 Å². The van der Waals surface area contributed by atoms with E-state index in [1.54, 1.807) is 48.7 Å². The van der Waals surface area contributed by atoms with Crippen LogP contribution in [0.2, 0.25) is 5.02 Å². The molecule has 1 atom stereocenters. The summed E-state index contributed by atoms with van der Waals surface area (Å²) in [7, 11) is 0. The molecule has 0 unspecified atom stereocenters. The van der Waals surface area contributed by atoms with Crippen molar-refractivity contribution < 1.29 is 14.3 Å². The Morgan fingerprint density at radius 3 is 2.82 bits per heavy atom. The van der Waals surface area contributed by atoms with Crippen LogP contribution in [0, 0.1) is 0 Å². The number of thioether (sulfide) groups is 1. The molecule has 7 nitrogen and oxygen atoms in total. The molecule has 2 saturated heterocycles. The zero-order chi connectivity index (χ0) is 22.9. The largest absolute Gasteiger partial charge is 0.438 e. The number of aromatic nitrogens is 2. The van der Waals surface area contributed by atoms with Gasteiger partial charge >= 0.3 is 0 Å². The van der Waals surface area contributed by atoms with Crippen molar-refractivity contribution in [3.63, 3.8) is 0 Å². The molecule has 0 spiro atoms. The number of carbonyl (C=O) groups excluding carboxylic acids is 1. The first-order valence-electron chi connectivity index (χ1n) is 10.3. The fourth-order valence-electron chi connectivity index (χ4n) is 3.68. The predicted molar refractivity (Wildman–Crippen MR) is 132 cm³/mol. The van der Waals surface area contributed by atoms with Crippen molar-refractivity contribution >= 4 is 57.5 Å². The summed E-state index contributed by atoms with van der Waals surface area (Å²) < 4.78 is 13.4. The smallest absolute Gasteiger partial charge is 0.269 e. The summed E-state index contributed by atoms with van der Waals surface area (Å²) in [5.41, 5.74) is 0.231. The van der Waals surface area contributed by atoms with E-state index in [1.807, 2.05) is 0 Å². The van der Waals surface area contributed by atoms with Crippen molar-refractivity contribution in [3.05, 3.63) is 74.5 Å². The van der Waals surface area contributed by atoms with Gasteiger partial charge in [0.15, 0.2) is 0 Å². The number of thiocarbonyl (C=S) groups is 1. The summed E-state index contributed by atoms with van der Waals surface area (Å²) >= 11 is 12.6. The molecule has 10 heteroatoms. The molecule has 2 aliphatic rings. The second-order valence-corrected chi connectivity index (χ2v) is 9.66. The maximum Gasteiger partial charge on any atom is 0.269 e. The summed E-state index contributed by atoms with van der Waals surface area (Å²) in [6.07, 6.45) is 4.97. The van der Waals surface area contributed by atoms with E-state index in [2.05, 4.69) is 4.98 Å². The lowest BCUT2D eigenvalue weighted by Crippen LogP contribution is -2.35. The average molecular weight is 500 g/mol. The lowest BCUT2D eigenvalue weighted by Gasteiger charge is -2.18. The normalized spacial score (nSPS) is 19.7. The standard InChI is InChI=1S/C23H18ClN3O4S2/c24-14-6-8-15(9-7-14)31-20-17(21(28)26-10-2-1-5-19(26)25-20)12-18-22(29)27(23(32)33-18)13-16-4-3-11-30-16/h1-2,5-10,12,16H,3-4,11,13H2/b18-12-/t16-/m0/s1. The van der Waals surface area contributed by atoms with Crippen LogP contribution in [-0.2, 0) is 9.53 Å². The maximum atomic E-state index is 13.3. The van der Waals surface area contributed by atoms with Crippen molar-refractivity contribution in [2.45, 2.75) is 18.9 Å². The number of hydrogen-bond acceptors (Lipinski definition) is 7. The molecule has 1 aromatic carbocycles. The monoisotopic (exact) mass is 499 g/mol. The number of benzene rings is 1. The quantitative estimate of drug-likeness (QED) is 0.377. The minimum absolute atomic E-state index is 0.0244. The molecule has 0 aliphatic carbocycles. The van der Waals surface area contributed by atoms with Gasteiger partial charge in [0.1, 0.15) is 21.3 Å². The molecule has 33 heavy (non-hydrogen) atoms. The van der Waals surface area contributed by atoms with Gasteiger partial charge < -0.3 is 9.47 Å². The van der Waals surface area contributed by atoms with Gasteiger partial charge in [-0.15, -0.1) is 0 Å². The highest BCUT2D eigenvalue weighted by Crippen LogP contribution is 2.35. The van der Waals surface area contributed by atoms with E-state index >= 15 is 0 Å². The molecule has 0 saturated carbocycles. The van der Waals surface area contributed by atoms with Crippen molar-refractivity contribution in [3.8, 4) is 11.6 Å². The van der Waals surface area contributed by atoms with E-state index < -0.39 is 0 Å². The van der Waals surface area contributed by atoms with Gasteiger partial charge in [0, 0.05) is 17.8 Å². The Morgan fingerprint density at radius 2 is 2.06 bits per heavy atom. The lowest BCUT2D eigenvalue weighted by molar-refractivity contribution is -0.123. The molecular weight excluding hydrogens is 482 g/mol. The van der Waals surface area contributed by atoms with Crippen LogP contribution in [0.3, 0.4) is 0 Å². The number of hydrogen-bond donors (Lipinski definition) is 0. The number of fused-ring (bicyclic) bond motifs is 1. The first-order valence-corrected chi connectivity index (χ1v) is 11.9. The van der Waals surface area contributed by atoms with Gasteiger partial charge in [-0.1, -0.05) is 41.6 Å². The third-order valence-corrected chi connectivity index (χ3v) is 6.95. The Kier molecular flexibility index (Phi) is 6.20. The Labute approximate surface area is 204 Å². The van der Waals surface area contributed by atoms with E-state index in [-0.39, 0.29) is 29.0 Å². The van der Waals surface area contributed by atoms with E-state index in [9.17, 15) is 9.59 Å². The van der Waals surface area contributed by atoms with Crippen molar-refractivity contribution in [1.29, 1.82) is 0 Å². The number of amides is 1. The number of pyridine rings is 1. The number of carbonyl (C=O) groups is 1. The first-order chi connectivity index (χ1) is 16.0. The average Bonchev–Trinajstić information content (AvgIpc) is 3.42. The van der Waals surface area contributed by atoms with Crippen LogP contribution in [-0.4, -0.2) is 43.8 Å². The molecule has 2 fully saturated rings. The third kappa shape index (κ3) is 4.54. The number of ether oxygens (including phenoxy) is 2. The zero-order valence-electron chi connectivity index (χ0n) is 17.3. The summed E-state index contributed by atoms with van der Waals surface area (Å²) in [6.45, 7) is 1.10. The summed E-state index contributed by atoms with van der Waals surface area (Å²) in [5.74, 6) is 0.306. The topological polar surface area (TPSA) is 73.1 Å². The summed E-state index contributed by atoms with van der Waals surface area (Å²) in [4.78, 5) is 32.8. The molecule has 4 heterocycles. The second-order valence-electron chi connectivity index (χ2n) is 7.55. The van der Waals surface area contributed by atoms with Gasteiger partial charge in [-0.25, -0.2) is 0 Å². The van der Waals surface area contributed by atoms with Gasteiger partial charge in [-0.3, -0.25) is 18.9 Å². The summed E-state index contributed by atoms with van der Waals surface area (Å²) in [5, 5.41) is 0.559. The maximum absolute atomic E-state index is 13.3. The van der Waals surface area contributed by atoms with Crippen molar-refractivity contribution in [1.82, 2.24) is 14.3 Å². The number of rotatable bonds is 5. The fourth-order valence-corrected chi connectivity index (χ4v) is 5.06. The lowest BCUT2D eigenvalue weighted by atomic mass is 10.2. The number of nitrogens with zero attached hydrogens (tertiary/aromatic N) is 3. The van der Waals surface area contributed by atoms with Gasteiger partial charge in [0.2, 0.25) is 5.88 Å². The van der Waals surface area contributed by atoms with Crippen molar-refractivity contribution in [2.24, 2.45) is 0 Å². The van der Waals surface area contributed by atoms with E-state index in [0.717, 1.165) is 24.6 Å². The van der Waals surface area contributed by atoms with Crippen LogP contribution in [0.4, 0.5) is 0 Å². The molecule has 2 aliphatic heterocycles. The first kappa shape index (κ1) is 22.1. The highest BCUT2D eigenvalue weighted by Gasteiger charge is 2.35. The van der Waals surface area contributed by atoms with E-state index in [1.165, 1.54) is 15.4 Å². The Bertz CT molecular complexity index is 1330. The van der Waals surface area contributed by atoms with Gasteiger partial charge in [0.05, 0.1) is 17.6 Å². The van der Waals surface area contributed by atoms with Crippen LogP contribution in [0.15, 0.2) is 58.4 Å². The zero-order valence-corrected chi connectivity index (χ0v) is 19.7. The van der Waals surface area contributed by atoms with Gasteiger partial charge in [-0.2, -0.15) is 4.98 Å². The second kappa shape index (κ2) is 9.26. The van der Waals surface area contributed by atoms with Gasteiger partial charge in [0.25, 0.3) is 11.5 Å². The van der Waals surface area contributed by atoms with E-state index in [0.29, 0.717) is 38.8 Å². The molecule has 5 rings (SSSR count). The van der Waals surface area contributed by atoms with Crippen LogP contribution in [0.5, 0.6) is 11.6 Å². The third-order valence-electron chi connectivity index (χ3n) is 5.32. The molecule has 1 amide bonds. The highest BCUT2D eigenvalue weighted by atomic mass is 35.5. The Hall–Kier alpha value is -2.72. The SMILES string of the molecule is O=C1/C(=C/c2c(Oc3ccc(Cl)cc3)nc3ccccn3c2=O)SC(=S)N1C[C@@H]1CCCO1. The van der Waals surface area contributed by atoms with E-state index in [4.69, 9.17) is 33.3 Å². The number of halogens is 1. The molecular formula is C23H18ClN3O4S2. The molecule has 2 aromatic heterocycles. The highest BCUT2D eigenvalue weighted by molar-refractivity contribution is 8.26. The predicted octanol–water partition coefficient (Wildman–Crippen LogP) is 4.52. The molecule has 0 N–H and O–H groups in total. The Morgan fingerprint density at radius 1 is 1.24 bits per heavy atom. The van der Waals surface area contributed by atoms with Crippen molar-refractivity contribution in [2.75, 3.05) is 13.2 Å². The minimum atomic E-state index is -0.353. The van der Waals surface area contributed by atoms with Crippen LogP contribution >= 0.6 is 35.6 Å². The van der Waals surface area contributed by atoms with Crippen LogP contribution in [0.25, 0.3) is 11.7 Å². The fraction of sp³-hybridized carbons (Fsp3) is 0.217. The Balaban J connectivity index is 1.54.